The van der Waals surface area contributed by atoms with Crippen molar-refractivity contribution in [2.45, 2.75) is 58.4 Å². The Hall–Kier alpha value is -1.52. The molecular weight excluding hydrogens is 521 g/mol. The molecule has 3 nitrogen and oxygen atoms in total. The topological polar surface area (TPSA) is 21.1 Å². The van der Waals surface area contributed by atoms with Crippen LogP contribution < -0.4 is 0 Å². The fourth-order valence-corrected chi connectivity index (χ4v) is 8.52. The first-order valence-electron chi connectivity index (χ1n) is 13.8. The van der Waals surface area contributed by atoms with Crippen LogP contribution in [0, 0.1) is 36.5 Å². The molecular formula is C31H36Cl3N3. The van der Waals surface area contributed by atoms with E-state index < -0.39 is 0 Å². The van der Waals surface area contributed by atoms with Gasteiger partial charge in [-0.15, -0.1) is 0 Å². The van der Waals surface area contributed by atoms with Crippen molar-refractivity contribution in [3.05, 3.63) is 68.8 Å². The predicted molar refractivity (Wildman–Crippen MR) is 155 cm³/mol. The number of nitrogens with zero attached hydrogens (tertiary/aromatic N) is 3. The maximum Gasteiger partial charge on any atom is 0.0840 e. The van der Waals surface area contributed by atoms with Gasteiger partial charge in [0.2, 0.25) is 0 Å². The highest BCUT2D eigenvalue weighted by Crippen LogP contribution is 2.57. The molecule has 6 heteroatoms. The third-order valence-corrected chi connectivity index (χ3v) is 10.2. The van der Waals surface area contributed by atoms with Gasteiger partial charge in [0.05, 0.1) is 22.1 Å². The summed E-state index contributed by atoms with van der Waals surface area (Å²) in [6, 6.07) is 13.5. The van der Waals surface area contributed by atoms with E-state index in [4.69, 9.17) is 39.9 Å². The highest BCUT2D eigenvalue weighted by molar-refractivity contribution is 6.35. The van der Waals surface area contributed by atoms with E-state index in [0.717, 1.165) is 70.3 Å². The SMILES string of the molecule is Cc1c(CN(C)CCCC2C3CC4CC(C3)CC2C4)nn(-c2ccc(Cl)cc2Cl)c1-c1ccc(Cl)cc1. The Bertz CT molecular complexity index is 1240. The molecule has 4 fully saturated rings. The number of hydrogen-bond donors (Lipinski definition) is 0. The fraction of sp³-hybridized carbons (Fsp3) is 0.516. The van der Waals surface area contributed by atoms with Crippen molar-refractivity contribution < 1.29 is 0 Å². The molecule has 4 saturated carbocycles. The lowest BCUT2D eigenvalue weighted by atomic mass is 9.51. The van der Waals surface area contributed by atoms with Gasteiger partial charge in [-0.05, 0) is 131 Å². The Morgan fingerprint density at radius 1 is 0.892 bits per heavy atom. The molecule has 2 aromatic carbocycles. The maximum atomic E-state index is 6.63. The van der Waals surface area contributed by atoms with Crippen molar-refractivity contribution in [3.8, 4) is 16.9 Å². The van der Waals surface area contributed by atoms with Gasteiger partial charge in [-0.1, -0.05) is 46.9 Å². The van der Waals surface area contributed by atoms with Gasteiger partial charge < -0.3 is 4.90 Å². The van der Waals surface area contributed by atoms with Crippen molar-refractivity contribution in [1.82, 2.24) is 14.7 Å². The standard InChI is InChI=1S/C31H36Cl3N3/c1-19-29(18-36(2)11-3-4-27-23-13-20-12-21(15-23)16-24(27)14-20)35-37(30-10-9-26(33)17-28(30)34)31(19)22-5-7-25(32)8-6-22/h5-10,17,20-21,23-24,27H,3-4,11-16,18H2,1-2H3. The molecule has 0 aliphatic heterocycles. The number of halogens is 3. The maximum absolute atomic E-state index is 6.63. The minimum Gasteiger partial charge on any atom is -0.300 e. The van der Waals surface area contributed by atoms with Crippen molar-refractivity contribution in [2.24, 2.45) is 29.6 Å². The van der Waals surface area contributed by atoms with E-state index in [1.165, 1.54) is 50.5 Å². The molecule has 0 N–H and O–H groups in total. The van der Waals surface area contributed by atoms with Gasteiger partial charge in [-0.2, -0.15) is 5.10 Å². The van der Waals surface area contributed by atoms with Crippen molar-refractivity contribution in [1.29, 1.82) is 0 Å². The van der Waals surface area contributed by atoms with E-state index in [9.17, 15) is 0 Å². The highest BCUT2D eigenvalue weighted by atomic mass is 35.5. The fourth-order valence-electron chi connectivity index (χ4n) is 7.91. The Labute approximate surface area is 236 Å². The average Bonchev–Trinajstić information content (AvgIpc) is 3.16. The van der Waals surface area contributed by atoms with Crippen molar-refractivity contribution in [3.63, 3.8) is 0 Å². The minimum atomic E-state index is 0.584. The van der Waals surface area contributed by atoms with Gasteiger partial charge in [0.1, 0.15) is 0 Å². The summed E-state index contributed by atoms with van der Waals surface area (Å²) in [7, 11) is 2.23. The number of hydrogen-bond acceptors (Lipinski definition) is 2. The lowest BCUT2D eigenvalue weighted by Crippen LogP contribution is -2.45. The van der Waals surface area contributed by atoms with E-state index in [-0.39, 0.29) is 0 Å². The van der Waals surface area contributed by atoms with Gasteiger partial charge >= 0.3 is 0 Å². The molecule has 196 valence electrons. The third kappa shape index (κ3) is 5.22. The summed E-state index contributed by atoms with van der Waals surface area (Å²) in [6.45, 7) is 4.08. The highest BCUT2D eigenvalue weighted by Gasteiger charge is 2.47. The molecule has 4 bridgehead atoms. The Balaban J connectivity index is 1.18. The molecule has 0 spiro atoms. The van der Waals surface area contributed by atoms with Crippen LogP contribution in [-0.4, -0.2) is 28.3 Å². The zero-order chi connectivity index (χ0) is 25.7. The molecule has 1 heterocycles. The smallest absolute Gasteiger partial charge is 0.0840 e. The summed E-state index contributed by atoms with van der Waals surface area (Å²) < 4.78 is 1.97. The molecule has 4 aliphatic carbocycles. The number of benzene rings is 2. The van der Waals surface area contributed by atoms with Gasteiger partial charge in [0.15, 0.2) is 0 Å². The van der Waals surface area contributed by atoms with E-state index in [0.29, 0.717) is 10.0 Å². The number of aromatic nitrogens is 2. The van der Waals surface area contributed by atoms with Gasteiger partial charge in [0, 0.05) is 22.2 Å². The van der Waals surface area contributed by atoms with E-state index in [1.807, 2.05) is 41.1 Å². The minimum absolute atomic E-state index is 0.584. The van der Waals surface area contributed by atoms with Crippen LogP contribution in [0.1, 0.15) is 56.2 Å². The molecule has 0 radical (unpaired) electrons. The average molecular weight is 557 g/mol. The van der Waals surface area contributed by atoms with E-state index in [1.54, 1.807) is 6.07 Å². The van der Waals surface area contributed by atoms with Crippen LogP contribution in [0.15, 0.2) is 42.5 Å². The van der Waals surface area contributed by atoms with Crippen LogP contribution in [0.5, 0.6) is 0 Å². The first kappa shape index (κ1) is 25.7. The predicted octanol–water partition coefficient (Wildman–Crippen LogP) is 9.09. The Morgan fingerprint density at radius 3 is 2.19 bits per heavy atom. The summed E-state index contributed by atoms with van der Waals surface area (Å²) in [4.78, 5) is 2.44. The van der Waals surface area contributed by atoms with E-state index in [2.05, 4.69) is 18.9 Å². The van der Waals surface area contributed by atoms with Crippen LogP contribution in [-0.2, 0) is 6.54 Å². The molecule has 0 amide bonds. The molecule has 0 atom stereocenters. The normalized spacial score (nSPS) is 26.4. The van der Waals surface area contributed by atoms with Crippen LogP contribution in [0.2, 0.25) is 15.1 Å². The molecule has 1 aromatic heterocycles. The Kier molecular flexibility index (Phi) is 7.35. The van der Waals surface area contributed by atoms with Crippen LogP contribution >= 0.6 is 34.8 Å². The summed E-state index contributed by atoms with van der Waals surface area (Å²) in [5.74, 6) is 5.13. The molecule has 4 aliphatic rings. The Morgan fingerprint density at radius 2 is 1.54 bits per heavy atom. The zero-order valence-corrected chi connectivity index (χ0v) is 24.0. The first-order valence-corrected chi connectivity index (χ1v) is 15.0. The summed E-state index contributed by atoms with van der Waals surface area (Å²) in [6.07, 6.45) is 10.3. The monoisotopic (exact) mass is 555 g/mol. The number of rotatable bonds is 8. The van der Waals surface area contributed by atoms with Crippen LogP contribution in [0.25, 0.3) is 16.9 Å². The second kappa shape index (κ2) is 10.6. The van der Waals surface area contributed by atoms with E-state index >= 15 is 0 Å². The second-order valence-corrected chi connectivity index (χ2v) is 13.2. The van der Waals surface area contributed by atoms with Crippen LogP contribution in [0.3, 0.4) is 0 Å². The van der Waals surface area contributed by atoms with Crippen molar-refractivity contribution >= 4 is 34.8 Å². The van der Waals surface area contributed by atoms with Gasteiger partial charge in [-0.3, -0.25) is 0 Å². The largest absolute Gasteiger partial charge is 0.300 e. The molecule has 37 heavy (non-hydrogen) atoms. The van der Waals surface area contributed by atoms with Crippen molar-refractivity contribution in [2.75, 3.05) is 13.6 Å². The first-order chi connectivity index (χ1) is 17.9. The molecule has 0 unspecified atom stereocenters. The molecule has 0 saturated heterocycles. The van der Waals surface area contributed by atoms with Gasteiger partial charge in [0.25, 0.3) is 0 Å². The zero-order valence-electron chi connectivity index (χ0n) is 21.8. The summed E-state index contributed by atoms with van der Waals surface area (Å²) in [5.41, 5.74) is 5.18. The molecule has 3 aromatic rings. The second-order valence-electron chi connectivity index (χ2n) is 11.9. The van der Waals surface area contributed by atoms with Crippen LogP contribution in [0.4, 0.5) is 0 Å². The lowest BCUT2D eigenvalue weighted by Gasteiger charge is -2.54. The quantitative estimate of drug-likeness (QED) is 0.276. The lowest BCUT2D eigenvalue weighted by molar-refractivity contribution is -0.0408. The van der Waals surface area contributed by atoms with Gasteiger partial charge in [-0.25, -0.2) is 4.68 Å². The molecule has 7 rings (SSSR count). The summed E-state index contributed by atoms with van der Waals surface area (Å²) in [5, 5.41) is 7.00. The third-order valence-electron chi connectivity index (χ3n) is 9.40. The summed E-state index contributed by atoms with van der Waals surface area (Å²) >= 11 is 19.0.